The van der Waals surface area contributed by atoms with Crippen molar-refractivity contribution in [1.82, 2.24) is 0 Å². The highest BCUT2D eigenvalue weighted by atomic mass is 19.1. The van der Waals surface area contributed by atoms with Crippen LogP contribution in [0, 0.1) is 5.82 Å². The Labute approximate surface area is 169 Å². The molecule has 2 rings (SSSR count). The number of halogens is 1. The van der Waals surface area contributed by atoms with E-state index in [1.807, 2.05) is 30.3 Å². The van der Waals surface area contributed by atoms with E-state index in [1.165, 1.54) is 12.1 Å². The predicted molar refractivity (Wildman–Crippen MR) is 108 cm³/mol. The van der Waals surface area contributed by atoms with Crippen molar-refractivity contribution in [2.75, 3.05) is 6.54 Å². The molecule has 156 valence electrons. The highest BCUT2D eigenvalue weighted by Gasteiger charge is 2.14. The molecule has 0 heterocycles. The van der Waals surface area contributed by atoms with E-state index in [1.54, 1.807) is 12.1 Å². The third kappa shape index (κ3) is 9.53. The summed E-state index contributed by atoms with van der Waals surface area (Å²) in [5, 5.41) is 15.8. The number of aliphatic carboxylic acids is 2. The Balaban J connectivity index is 0.000000447. The predicted octanol–water partition coefficient (Wildman–Crippen LogP) is 3.96. The molecule has 4 N–H and O–H groups in total. The second kappa shape index (κ2) is 13.1. The van der Waals surface area contributed by atoms with Crippen molar-refractivity contribution in [3.63, 3.8) is 0 Å². The molecule has 2 aromatic rings. The maximum absolute atomic E-state index is 13.4. The lowest BCUT2D eigenvalue weighted by atomic mass is 10.1. The van der Waals surface area contributed by atoms with Crippen LogP contribution in [0.1, 0.15) is 36.5 Å². The molecule has 0 amide bonds. The molecular formula is C22H26FNO5. The van der Waals surface area contributed by atoms with Crippen LogP contribution in [0.5, 0.6) is 5.75 Å². The summed E-state index contributed by atoms with van der Waals surface area (Å²) >= 11 is 0. The zero-order valence-electron chi connectivity index (χ0n) is 16.1. The number of hydrogen-bond acceptors (Lipinski definition) is 4. The number of rotatable bonds is 10. The summed E-state index contributed by atoms with van der Waals surface area (Å²) in [4.78, 5) is 19.3. The van der Waals surface area contributed by atoms with Gasteiger partial charge in [-0.2, -0.15) is 0 Å². The standard InChI is InChI=1S/C18H20FNO.C4H6O4/c1-2-6-15-13-16(19)9-10-17(15)21-18(11-12-20)14-7-4-3-5-8-14;5-3(6)1-2-4(7)8/h2-5,7-10,13,18H,1,6,11-12,20H2;1-2H2,(H,5,6)(H,7,8). The van der Waals surface area contributed by atoms with Crippen LogP contribution in [0.25, 0.3) is 0 Å². The third-order valence-corrected chi connectivity index (χ3v) is 3.81. The van der Waals surface area contributed by atoms with E-state index in [9.17, 15) is 14.0 Å². The molecule has 2 aromatic carbocycles. The van der Waals surface area contributed by atoms with Gasteiger partial charge in [0.1, 0.15) is 17.7 Å². The Morgan fingerprint density at radius 1 is 1.10 bits per heavy atom. The Morgan fingerprint density at radius 3 is 2.24 bits per heavy atom. The summed E-state index contributed by atoms with van der Waals surface area (Å²) in [5.74, 6) is -1.74. The second-order valence-corrected chi connectivity index (χ2v) is 6.13. The summed E-state index contributed by atoms with van der Waals surface area (Å²) in [7, 11) is 0. The molecule has 0 aliphatic carbocycles. The Hall–Kier alpha value is -3.19. The lowest BCUT2D eigenvalue weighted by Gasteiger charge is -2.21. The van der Waals surface area contributed by atoms with Gasteiger partial charge in [0.2, 0.25) is 0 Å². The maximum Gasteiger partial charge on any atom is 0.303 e. The maximum atomic E-state index is 13.4. The van der Waals surface area contributed by atoms with E-state index >= 15 is 0 Å². The normalized spacial score (nSPS) is 11.0. The summed E-state index contributed by atoms with van der Waals surface area (Å²) in [6, 6.07) is 14.5. The van der Waals surface area contributed by atoms with Crippen LogP contribution >= 0.6 is 0 Å². The van der Waals surface area contributed by atoms with Crippen molar-refractivity contribution in [1.29, 1.82) is 0 Å². The molecule has 7 heteroatoms. The minimum absolute atomic E-state index is 0.134. The van der Waals surface area contributed by atoms with E-state index < -0.39 is 11.9 Å². The fourth-order valence-corrected chi connectivity index (χ4v) is 2.46. The van der Waals surface area contributed by atoms with Crippen molar-refractivity contribution in [2.45, 2.75) is 31.8 Å². The molecule has 0 saturated carbocycles. The minimum atomic E-state index is -1.08. The first-order valence-electron chi connectivity index (χ1n) is 9.12. The SMILES string of the molecule is C=CCc1cc(F)ccc1OC(CCN)c1ccccc1.O=C(O)CCC(=O)O. The lowest BCUT2D eigenvalue weighted by molar-refractivity contribution is -0.143. The van der Waals surface area contributed by atoms with Crippen molar-refractivity contribution >= 4 is 11.9 Å². The molecule has 0 fully saturated rings. The molecule has 0 saturated heterocycles. The van der Waals surface area contributed by atoms with Gasteiger partial charge in [0.15, 0.2) is 0 Å². The Bertz CT molecular complexity index is 781. The highest BCUT2D eigenvalue weighted by Crippen LogP contribution is 2.28. The number of benzene rings is 2. The van der Waals surface area contributed by atoms with Crippen LogP contribution in [-0.2, 0) is 16.0 Å². The van der Waals surface area contributed by atoms with Crippen molar-refractivity contribution < 1.29 is 28.9 Å². The van der Waals surface area contributed by atoms with Gasteiger partial charge in [-0.3, -0.25) is 9.59 Å². The van der Waals surface area contributed by atoms with E-state index in [4.69, 9.17) is 20.7 Å². The van der Waals surface area contributed by atoms with Crippen molar-refractivity contribution in [3.05, 3.63) is 78.1 Å². The highest BCUT2D eigenvalue weighted by molar-refractivity contribution is 5.75. The van der Waals surface area contributed by atoms with E-state index in [0.29, 0.717) is 25.1 Å². The average Bonchev–Trinajstić information content (AvgIpc) is 2.69. The molecule has 0 bridgehead atoms. The Kier molecular flexibility index (Phi) is 10.7. The first-order valence-corrected chi connectivity index (χ1v) is 9.12. The summed E-state index contributed by atoms with van der Waals surface area (Å²) in [5.41, 5.74) is 7.55. The summed E-state index contributed by atoms with van der Waals surface area (Å²) in [6.07, 6.45) is 2.28. The number of allylic oxidation sites excluding steroid dienone is 1. The first-order chi connectivity index (χ1) is 13.9. The second-order valence-electron chi connectivity index (χ2n) is 6.13. The lowest BCUT2D eigenvalue weighted by Crippen LogP contribution is -2.14. The van der Waals surface area contributed by atoms with Crippen molar-refractivity contribution in [2.24, 2.45) is 5.73 Å². The van der Waals surface area contributed by atoms with Gasteiger partial charge in [-0.25, -0.2) is 4.39 Å². The summed E-state index contributed by atoms with van der Waals surface area (Å²) in [6.45, 7) is 4.23. The van der Waals surface area contributed by atoms with Gasteiger partial charge in [-0.05, 0) is 36.7 Å². The first kappa shape index (κ1) is 23.8. The molecule has 6 nitrogen and oxygen atoms in total. The molecule has 0 spiro atoms. The quantitative estimate of drug-likeness (QED) is 0.518. The average molecular weight is 403 g/mol. The number of carboxylic acid groups (broad SMARTS) is 2. The minimum Gasteiger partial charge on any atom is -0.485 e. The number of ether oxygens (including phenoxy) is 1. The van der Waals surface area contributed by atoms with E-state index in [-0.39, 0.29) is 24.8 Å². The smallest absolute Gasteiger partial charge is 0.303 e. The zero-order chi connectivity index (χ0) is 21.6. The largest absolute Gasteiger partial charge is 0.485 e. The fourth-order valence-electron chi connectivity index (χ4n) is 2.46. The molecule has 1 atom stereocenters. The van der Waals surface area contributed by atoms with Gasteiger partial charge < -0.3 is 20.7 Å². The zero-order valence-corrected chi connectivity index (χ0v) is 16.1. The molecular weight excluding hydrogens is 377 g/mol. The fraction of sp³-hybridized carbons (Fsp3) is 0.273. The molecule has 29 heavy (non-hydrogen) atoms. The van der Waals surface area contributed by atoms with Crippen molar-refractivity contribution in [3.8, 4) is 5.75 Å². The topological polar surface area (TPSA) is 110 Å². The van der Waals surface area contributed by atoms with Crippen LogP contribution in [0.15, 0.2) is 61.2 Å². The molecule has 0 aliphatic heterocycles. The van der Waals surface area contributed by atoms with Crippen LogP contribution in [0.3, 0.4) is 0 Å². The molecule has 0 aromatic heterocycles. The molecule has 0 radical (unpaired) electrons. The van der Waals surface area contributed by atoms with Crippen LogP contribution in [0.4, 0.5) is 4.39 Å². The van der Waals surface area contributed by atoms with E-state index in [0.717, 1.165) is 11.1 Å². The van der Waals surface area contributed by atoms with E-state index in [2.05, 4.69) is 6.58 Å². The van der Waals surface area contributed by atoms with Gasteiger partial charge in [0.25, 0.3) is 0 Å². The van der Waals surface area contributed by atoms with Gasteiger partial charge in [-0.15, -0.1) is 6.58 Å². The van der Waals surface area contributed by atoms with Crippen LogP contribution < -0.4 is 10.5 Å². The summed E-state index contributed by atoms with van der Waals surface area (Å²) < 4.78 is 19.5. The number of hydrogen-bond donors (Lipinski definition) is 3. The van der Waals surface area contributed by atoms with Crippen LogP contribution in [-0.4, -0.2) is 28.7 Å². The number of nitrogens with two attached hydrogens (primary N) is 1. The van der Waals surface area contributed by atoms with Crippen LogP contribution in [0.2, 0.25) is 0 Å². The number of carboxylic acids is 2. The van der Waals surface area contributed by atoms with Gasteiger partial charge in [-0.1, -0.05) is 36.4 Å². The number of carbonyl (C=O) groups is 2. The Morgan fingerprint density at radius 2 is 1.72 bits per heavy atom. The van der Waals surface area contributed by atoms with Gasteiger partial charge in [0.05, 0.1) is 12.8 Å². The monoisotopic (exact) mass is 403 g/mol. The molecule has 1 unspecified atom stereocenters. The van der Waals surface area contributed by atoms with Gasteiger partial charge >= 0.3 is 11.9 Å². The molecule has 0 aliphatic rings. The third-order valence-electron chi connectivity index (χ3n) is 3.81. The van der Waals surface area contributed by atoms with Gasteiger partial charge in [0, 0.05) is 12.0 Å².